The number of rotatable bonds is 8. The number of carbonyl (C=O) groups excluding carboxylic acids is 1. The zero-order valence-electron chi connectivity index (χ0n) is 14.1. The van der Waals surface area contributed by atoms with E-state index in [0.29, 0.717) is 24.3 Å². The van der Waals surface area contributed by atoms with Gasteiger partial charge in [0.1, 0.15) is 0 Å². The quantitative estimate of drug-likeness (QED) is 0.763. The van der Waals surface area contributed by atoms with Gasteiger partial charge in [0, 0.05) is 18.8 Å². The summed E-state index contributed by atoms with van der Waals surface area (Å²) in [4.78, 5) is 11.4. The molecule has 0 aliphatic rings. The number of nitrogens with one attached hydrogen (secondary N) is 2. The van der Waals surface area contributed by atoms with Crippen LogP contribution in [0.15, 0.2) is 24.3 Å². The lowest BCUT2D eigenvalue weighted by Crippen LogP contribution is -2.23. The highest BCUT2D eigenvalue weighted by Gasteiger charge is 2.12. The molecule has 0 heterocycles. The van der Waals surface area contributed by atoms with E-state index in [9.17, 15) is 4.79 Å². The summed E-state index contributed by atoms with van der Waals surface area (Å²) in [6.07, 6.45) is 2.80. The van der Waals surface area contributed by atoms with Crippen molar-refractivity contribution >= 4 is 11.6 Å². The van der Waals surface area contributed by atoms with E-state index in [1.807, 2.05) is 12.1 Å². The zero-order valence-corrected chi connectivity index (χ0v) is 14.1. The molecule has 0 spiro atoms. The second-order valence-corrected chi connectivity index (χ2v) is 6.65. The fraction of sp³-hybridized carbons (Fsp3) is 0.611. The number of benzene rings is 1. The lowest BCUT2D eigenvalue weighted by molar-refractivity contribution is -0.119. The molecule has 1 aromatic carbocycles. The summed E-state index contributed by atoms with van der Waals surface area (Å²) < 4.78 is 0. The molecule has 1 amide bonds. The number of amides is 1. The molecular weight excluding hydrogens is 260 g/mol. The summed E-state index contributed by atoms with van der Waals surface area (Å²) in [6.45, 7) is 9.06. The summed E-state index contributed by atoms with van der Waals surface area (Å²) in [6, 6.07) is 8.71. The fourth-order valence-corrected chi connectivity index (χ4v) is 2.58. The molecule has 0 fully saturated rings. The molecule has 0 saturated heterocycles. The predicted octanol–water partition coefficient (Wildman–Crippen LogP) is 3.85. The van der Waals surface area contributed by atoms with Crippen molar-refractivity contribution in [1.82, 2.24) is 5.32 Å². The Bertz CT molecular complexity index is 413. The van der Waals surface area contributed by atoms with Crippen LogP contribution in [0.3, 0.4) is 0 Å². The molecule has 0 aliphatic heterocycles. The summed E-state index contributed by atoms with van der Waals surface area (Å²) >= 11 is 0. The lowest BCUT2D eigenvalue weighted by Gasteiger charge is -2.23. The van der Waals surface area contributed by atoms with Crippen LogP contribution in [-0.2, 0) is 11.2 Å². The van der Waals surface area contributed by atoms with Gasteiger partial charge in [0.2, 0.25) is 5.91 Å². The van der Waals surface area contributed by atoms with E-state index >= 15 is 0 Å². The van der Waals surface area contributed by atoms with Crippen LogP contribution in [0.4, 0.5) is 5.69 Å². The van der Waals surface area contributed by atoms with Crippen LogP contribution in [0.25, 0.3) is 0 Å². The summed E-state index contributed by atoms with van der Waals surface area (Å²) in [5, 5.41) is 6.28. The monoisotopic (exact) mass is 290 g/mol. The van der Waals surface area contributed by atoms with Gasteiger partial charge < -0.3 is 10.6 Å². The standard InChI is InChI=1S/C18H30N2O/c1-13(2)10-17(11-14(3)4)20-16-8-6-15(7-9-16)12-18(21)19-5/h6-9,13-14,17,20H,10-12H2,1-5H3,(H,19,21). The maximum absolute atomic E-state index is 11.4. The molecule has 0 atom stereocenters. The molecule has 21 heavy (non-hydrogen) atoms. The number of hydrogen-bond acceptors (Lipinski definition) is 2. The van der Waals surface area contributed by atoms with E-state index < -0.39 is 0 Å². The van der Waals surface area contributed by atoms with E-state index in [1.54, 1.807) is 7.05 Å². The van der Waals surface area contributed by atoms with E-state index in [4.69, 9.17) is 0 Å². The summed E-state index contributed by atoms with van der Waals surface area (Å²) in [5.41, 5.74) is 2.19. The molecular formula is C18H30N2O. The molecule has 118 valence electrons. The number of carbonyl (C=O) groups is 1. The zero-order chi connectivity index (χ0) is 15.8. The normalized spacial score (nSPS) is 11.2. The van der Waals surface area contributed by atoms with Crippen molar-refractivity contribution in [2.24, 2.45) is 11.8 Å². The third-order valence-electron chi connectivity index (χ3n) is 3.48. The lowest BCUT2D eigenvalue weighted by atomic mass is 9.95. The van der Waals surface area contributed by atoms with Crippen LogP contribution in [0.1, 0.15) is 46.1 Å². The maximum atomic E-state index is 11.4. The van der Waals surface area contributed by atoms with Crippen molar-refractivity contribution < 1.29 is 4.79 Å². The van der Waals surface area contributed by atoms with Gasteiger partial charge in [-0.05, 0) is 42.4 Å². The predicted molar refractivity (Wildman–Crippen MR) is 90.5 cm³/mol. The Balaban J connectivity index is 2.64. The van der Waals surface area contributed by atoms with Crippen molar-refractivity contribution in [3.05, 3.63) is 29.8 Å². The van der Waals surface area contributed by atoms with Crippen LogP contribution < -0.4 is 10.6 Å². The largest absolute Gasteiger partial charge is 0.382 e. The first kappa shape index (κ1) is 17.5. The molecule has 0 radical (unpaired) electrons. The Labute approximate surface area is 129 Å². The van der Waals surface area contributed by atoms with Crippen molar-refractivity contribution in [2.45, 2.75) is 53.0 Å². The summed E-state index contributed by atoms with van der Waals surface area (Å²) in [7, 11) is 1.67. The second-order valence-electron chi connectivity index (χ2n) is 6.65. The van der Waals surface area contributed by atoms with E-state index in [1.165, 1.54) is 12.8 Å². The van der Waals surface area contributed by atoms with Crippen LogP contribution in [0, 0.1) is 11.8 Å². The van der Waals surface area contributed by atoms with Crippen LogP contribution >= 0.6 is 0 Å². The Hall–Kier alpha value is -1.51. The minimum atomic E-state index is 0.0493. The molecule has 0 unspecified atom stereocenters. The van der Waals surface area contributed by atoms with E-state index in [0.717, 1.165) is 11.3 Å². The molecule has 3 heteroatoms. The Morgan fingerprint density at radius 3 is 1.95 bits per heavy atom. The van der Waals surface area contributed by atoms with Gasteiger partial charge in [-0.2, -0.15) is 0 Å². The Morgan fingerprint density at radius 2 is 1.52 bits per heavy atom. The first-order chi connectivity index (χ1) is 9.90. The molecule has 1 rings (SSSR count). The number of anilines is 1. The SMILES string of the molecule is CNC(=O)Cc1ccc(NC(CC(C)C)CC(C)C)cc1. The minimum absolute atomic E-state index is 0.0493. The highest BCUT2D eigenvalue weighted by atomic mass is 16.1. The molecule has 2 N–H and O–H groups in total. The number of likely N-dealkylation sites (N-methyl/N-ethyl adjacent to an activating group) is 1. The third kappa shape index (κ3) is 7.16. The topological polar surface area (TPSA) is 41.1 Å². The molecule has 1 aromatic rings. The van der Waals surface area contributed by atoms with Crippen molar-refractivity contribution in [3.63, 3.8) is 0 Å². The molecule has 0 saturated carbocycles. The molecule has 3 nitrogen and oxygen atoms in total. The van der Waals surface area contributed by atoms with Gasteiger partial charge in [-0.15, -0.1) is 0 Å². The Morgan fingerprint density at radius 1 is 1.00 bits per heavy atom. The van der Waals surface area contributed by atoms with Crippen molar-refractivity contribution in [2.75, 3.05) is 12.4 Å². The van der Waals surface area contributed by atoms with Gasteiger partial charge in [-0.1, -0.05) is 39.8 Å². The summed E-state index contributed by atoms with van der Waals surface area (Å²) in [5.74, 6) is 1.43. The maximum Gasteiger partial charge on any atom is 0.224 e. The molecule has 0 bridgehead atoms. The molecule has 0 aromatic heterocycles. The van der Waals surface area contributed by atoms with Gasteiger partial charge in [-0.3, -0.25) is 4.79 Å². The fourth-order valence-electron chi connectivity index (χ4n) is 2.58. The van der Waals surface area contributed by atoms with Gasteiger partial charge in [0.05, 0.1) is 6.42 Å². The van der Waals surface area contributed by atoms with E-state index in [-0.39, 0.29) is 5.91 Å². The van der Waals surface area contributed by atoms with Crippen molar-refractivity contribution in [1.29, 1.82) is 0 Å². The van der Waals surface area contributed by atoms with Crippen LogP contribution in [-0.4, -0.2) is 19.0 Å². The van der Waals surface area contributed by atoms with Crippen molar-refractivity contribution in [3.8, 4) is 0 Å². The average molecular weight is 290 g/mol. The van der Waals surface area contributed by atoms with E-state index in [2.05, 4.69) is 50.5 Å². The number of hydrogen-bond donors (Lipinski definition) is 2. The average Bonchev–Trinajstić information content (AvgIpc) is 2.39. The van der Waals surface area contributed by atoms with Crippen LogP contribution in [0.5, 0.6) is 0 Å². The van der Waals surface area contributed by atoms with Gasteiger partial charge in [0.15, 0.2) is 0 Å². The Kier molecular flexibility index (Phi) is 7.27. The first-order valence-corrected chi connectivity index (χ1v) is 7.96. The smallest absolute Gasteiger partial charge is 0.224 e. The second kappa shape index (κ2) is 8.71. The minimum Gasteiger partial charge on any atom is -0.382 e. The van der Waals surface area contributed by atoms with Gasteiger partial charge in [-0.25, -0.2) is 0 Å². The third-order valence-corrected chi connectivity index (χ3v) is 3.48. The highest BCUT2D eigenvalue weighted by molar-refractivity contribution is 5.78. The highest BCUT2D eigenvalue weighted by Crippen LogP contribution is 2.19. The first-order valence-electron chi connectivity index (χ1n) is 7.96. The van der Waals surface area contributed by atoms with Crippen LogP contribution in [0.2, 0.25) is 0 Å². The molecule has 0 aliphatic carbocycles. The van der Waals surface area contributed by atoms with Gasteiger partial charge >= 0.3 is 0 Å². The van der Waals surface area contributed by atoms with Gasteiger partial charge in [0.25, 0.3) is 0 Å².